The Morgan fingerprint density at radius 2 is 2.00 bits per heavy atom. The van der Waals surface area contributed by atoms with Gasteiger partial charge in [-0.1, -0.05) is 6.07 Å². The molecule has 0 N–H and O–H groups in total. The number of methoxy groups -OCH3 is 1. The molecule has 202 valence electrons. The van der Waals surface area contributed by atoms with Gasteiger partial charge in [-0.3, -0.25) is 4.79 Å². The molecule has 4 heterocycles. The SMILES string of the molecule is COc1cc2c(N3CCC(F)(c4nc5cc(C)ccc5o4)CC3)c(C#N)c(=O)n(C)c2cc1OC1CCOC1. The fourth-order valence-electron chi connectivity index (χ4n) is 5.52. The summed E-state index contributed by atoms with van der Waals surface area (Å²) in [5.41, 5.74) is 1.09. The zero-order chi connectivity index (χ0) is 27.3. The first-order valence-corrected chi connectivity index (χ1v) is 13.0. The fourth-order valence-corrected chi connectivity index (χ4v) is 5.52. The molecule has 2 aliphatic rings. The molecule has 9 nitrogen and oxygen atoms in total. The second kappa shape index (κ2) is 9.58. The van der Waals surface area contributed by atoms with Crippen LogP contribution in [0.25, 0.3) is 22.0 Å². The highest BCUT2D eigenvalue weighted by molar-refractivity contribution is 5.97. The average Bonchev–Trinajstić information content (AvgIpc) is 3.61. The second-order valence-corrected chi connectivity index (χ2v) is 10.3. The molecule has 0 amide bonds. The number of ether oxygens (including phenoxy) is 3. The third-order valence-electron chi connectivity index (χ3n) is 7.75. The Morgan fingerprint density at radius 1 is 1.21 bits per heavy atom. The van der Waals surface area contributed by atoms with E-state index >= 15 is 4.39 Å². The molecule has 1 atom stereocenters. The Labute approximate surface area is 224 Å². The van der Waals surface area contributed by atoms with Gasteiger partial charge in [0.15, 0.2) is 22.8 Å². The number of halogens is 1. The number of fused-ring (bicyclic) bond motifs is 2. The van der Waals surface area contributed by atoms with Crippen LogP contribution in [0.5, 0.6) is 11.5 Å². The number of oxazole rings is 1. The lowest BCUT2D eigenvalue weighted by atomic mass is 9.92. The Kier molecular flexibility index (Phi) is 6.19. The molecule has 2 saturated heterocycles. The first-order chi connectivity index (χ1) is 18.8. The largest absolute Gasteiger partial charge is 0.493 e. The lowest BCUT2D eigenvalue weighted by molar-refractivity contribution is 0.0905. The molecule has 4 aromatic rings. The standard InChI is InChI=1S/C29H29FN4O5/c1-17-4-5-23-21(12-17)32-28(39-23)29(30)7-9-34(10-8-29)26-19-13-24(36-3)25(38-18-6-11-37-16-18)14-22(19)33(2)27(35)20(26)15-31/h4-5,12-14,18H,6-11,16H2,1-3H3. The maximum absolute atomic E-state index is 16.2. The van der Waals surface area contributed by atoms with Crippen LogP contribution in [0, 0.1) is 18.3 Å². The number of nitriles is 1. The Morgan fingerprint density at radius 3 is 2.69 bits per heavy atom. The molecule has 0 saturated carbocycles. The number of benzene rings is 2. The summed E-state index contributed by atoms with van der Waals surface area (Å²) >= 11 is 0. The number of hydrogen-bond acceptors (Lipinski definition) is 8. The average molecular weight is 533 g/mol. The van der Waals surface area contributed by atoms with Crippen molar-refractivity contribution in [1.29, 1.82) is 5.26 Å². The van der Waals surface area contributed by atoms with E-state index in [0.717, 1.165) is 12.0 Å². The molecule has 2 aromatic carbocycles. The minimum Gasteiger partial charge on any atom is -0.493 e. The Bertz CT molecular complexity index is 1670. The summed E-state index contributed by atoms with van der Waals surface area (Å²) < 4.78 is 40.6. The molecular formula is C29H29FN4O5. The van der Waals surface area contributed by atoms with Crippen molar-refractivity contribution in [3.8, 4) is 17.6 Å². The van der Waals surface area contributed by atoms with Crippen LogP contribution in [-0.2, 0) is 17.5 Å². The summed E-state index contributed by atoms with van der Waals surface area (Å²) in [6.07, 6.45) is 0.847. The molecule has 39 heavy (non-hydrogen) atoms. The highest BCUT2D eigenvalue weighted by Crippen LogP contribution is 2.43. The van der Waals surface area contributed by atoms with Crippen LogP contribution in [0.2, 0.25) is 0 Å². The maximum atomic E-state index is 16.2. The summed E-state index contributed by atoms with van der Waals surface area (Å²) in [4.78, 5) is 19.6. The van der Waals surface area contributed by atoms with E-state index in [2.05, 4.69) is 11.1 Å². The predicted molar refractivity (Wildman–Crippen MR) is 143 cm³/mol. The molecule has 0 spiro atoms. The van der Waals surface area contributed by atoms with Gasteiger partial charge in [0.2, 0.25) is 5.89 Å². The number of nitrogens with zero attached hydrogens (tertiary/aromatic N) is 4. The molecule has 2 aliphatic heterocycles. The van der Waals surface area contributed by atoms with Crippen molar-refractivity contribution in [1.82, 2.24) is 9.55 Å². The van der Waals surface area contributed by atoms with E-state index in [0.29, 0.717) is 52.4 Å². The van der Waals surface area contributed by atoms with Gasteiger partial charge in [0.05, 0.1) is 31.5 Å². The Balaban J connectivity index is 1.38. The van der Waals surface area contributed by atoms with E-state index in [1.54, 1.807) is 32.4 Å². The molecule has 6 rings (SSSR count). The minimum atomic E-state index is -1.76. The summed E-state index contributed by atoms with van der Waals surface area (Å²) in [6, 6.07) is 11.2. The maximum Gasteiger partial charge on any atom is 0.270 e. The molecule has 10 heteroatoms. The first-order valence-electron chi connectivity index (χ1n) is 13.0. The van der Waals surface area contributed by atoms with Crippen LogP contribution in [-0.4, -0.2) is 49.1 Å². The van der Waals surface area contributed by atoms with Gasteiger partial charge in [0.1, 0.15) is 23.3 Å². The van der Waals surface area contributed by atoms with Crippen molar-refractivity contribution in [2.45, 2.75) is 38.0 Å². The lowest BCUT2D eigenvalue weighted by Gasteiger charge is -2.37. The topological polar surface area (TPSA) is 103 Å². The molecule has 1 unspecified atom stereocenters. The monoisotopic (exact) mass is 532 g/mol. The van der Waals surface area contributed by atoms with E-state index in [1.165, 1.54) is 4.57 Å². The molecule has 0 radical (unpaired) electrons. The molecular weight excluding hydrogens is 503 g/mol. The smallest absolute Gasteiger partial charge is 0.270 e. The van der Waals surface area contributed by atoms with Crippen molar-refractivity contribution in [3.63, 3.8) is 0 Å². The number of alkyl halides is 1. The van der Waals surface area contributed by atoms with Crippen LogP contribution in [0.4, 0.5) is 10.1 Å². The van der Waals surface area contributed by atoms with Crippen LogP contribution in [0.3, 0.4) is 0 Å². The number of pyridine rings is 1. The van der Waals surface area contributed by atoms with Crippen LogP contribution < -0.4 is 19.9 Å². The zero-order valence-electron chi connectivity index (χ0n) is 22.1. The normalized spacial score (nSPS) is 18.9. The van der Waals surface area contributed by atoms with Gasteiger partial charge in [-0.25, -0.2) is 9.37 Å². The number of hydrogen-bond donors (Lipinski definition) is 0. The van der Waals surface area contributed by atoms with Gasteiger partial charge in [-0.15, -0.1) is 0 Å². The highest BCUT2D eigenvalue weighted by atomic mass is 19.1. The number of piperidine rings is 1. The summed E-state index contributed by atoms with van der Waals surface area (Å²) in [7, 11) is 3.17. The fraction of sp³-hybridized carbons (Fsp3) is 0.414. The van der Waals surface area contributed by atoms with E-state index in [1.807, 2.05) is 24.0 Å². The van der Waals surface area contributed by atoms with E-state index in [-0.39, 0.29) is 43.5 Å². The van der Waals surface area contributed by atoms with Crippen molar-refractivity contribution in [3.05, 3.63) is 57.7 Å². The van der Waals surface area contributed by atoms with Gasteiger partial charge in [-0.2, -0.15) is 5.26 Å². The second-order valence-electron chi connectivity index (χ2n) is 10.3. The molecule has 0 bridgehead atoms. The number of anilines is 1. The van der Waals surface area contributed by atoms with Crippen LogP contribution >= 0.6 is 0 Å². The van der Waals surface area contributed by atoms with E-state index in [9.17, 15) is 10.1 Å². The van der Waals surface area contributed by atoms with Crippen molar-refractivity contribution < 1.29 is 23.0 Å². The zero-order valence-corrected chi connectivity index (χ0v) is 22.1. The van der Waals surface area contributed by atoms with Crippen LogP contribution in [0.15, 0.2) is 39.5 Å². The predicted octanol–water partition coefficient (Wildman–Crippen LogP) is 4.50. The van der Waals surface area contributed by atoms with E-state index < -0.39 is 11.2 Å². The lowest BCUT2D eigenvalue weighted by Crippen LogP contribution is -2.41. The first kappa shape index (κ1) is 25.2. The van der Waals surface area contributed by atoms with Crippen molar-refractivity contribution in [2.24, 2.45) is 7.05 Å². The van der Waals surface area contributed by atoms with Gasteiger partial charge < -0.3 is 28.1 Å². The molecule has 0 aliphatic carbocycles. The van der Waals surface area contributed by atoms with Gasteiger partial charge >= 0.3 is 0 Å². The highest BCUT2D eigenvalue weighted by Gasteiger charge is 2.42. The number of aromatic nitrogens is 2. The van der Waals surface area contributed by atoms with Gasteiger partial charge in [0.25, 0.3) is 5.56 Å². The third-order valence-corrected chi connectivity index (χ3v) is 7.75. The van der Waals surface area contributed by atoms with Crippen LogP contribution in [0.1, 0.15) is 36.3 Å². The van der Waals surface area contributed by atoms with Crippen molar-refractivity contribution in [2.75, 3.05) is 38.3 Å². The number of aryl methyl sites for hydroxylation is 2. The van der Waals surface area contributed by atoms with Gasteiger partial charge in [-0.05, 0) is 30.7 Å². The molecule has 2 aromatic heterocycles. The number of rotatable bonds is 5. The Hall–Kier alpha value is -4.10. The molecule has 2 fully saturated rings. The summed E-state index contributed by atoms with van der Waals surface area (Å²) in [5.74, 6) is 1.05. The quantitative estimate of drug-likeness (QED) is 0.370. The minimum absolute atomic E-state index is 0.00797. The van der Waals surface area contributed by atoms with Crippen molar-refractivity contribution >= 4 is 27.7 Å². The summed E-state index contributed by atoms with van der Waals surface area (Å²) in [5, 5.41) is 10.7. The van der Waals surface area contributed by atoms with E-state index in [4.69, 9.17) is 18.6 Å². The van der Waals surface area contributed by atoms with Gasteiger partial charge in [0, 0.05) is 50.9 Å². The summed E-state index contributed by atoms with van der Waals surface area (Å²) in [6.45, 7) is 3.60. The third kappa shape index (κ3) is 4.27.